The molecule has 6 nitrogen and oxygen atoms in total. The van der Waals surface area contributed by atoms with Gasteiger partial charge in [-0.1, -0.05) is 24.6 Å². The van der Waals surface area contributed by atoms with Gasteiger partial charge in [0.05, 0.1) is 4.91 Å². The Morgan fingerprint density at radius 2 is 1.91 bits per heavy atom. The number of carbonyl (C=O) groups excluding carboxylic acids is 3. The first-order valence-electron chi connectivity index (χ1n) is 11.3. The number of rotatable bonds is 5. The summed E-state index contributed by atoms with van der Waals surface area (Å²) in [6.07, 6.45) is 2.78. The number of hydrogen-bond donors (Lipinski definition) is 1. The Hall–Kier alpha value is -2.77. The third kappa shape index (κ3) is 4.86. The Morgan fingerprint density at radius 1 is 1.21 bits per heavy atom. The van der Waals surface area contributed by atoms with Gasteiger partial charge in [-0.3, -0.25) is 19.3 Å². The van der Waals surface area contributed by atoms with Crippen LogP contribution in [-0.2, 0) is 9.59 Å². The first-order chi connectivity index (χ1) is 16.1. The summed E-state index contributed by atoms with van der Waals surface area (Å²) >= 11 is 6.72. The number of nitrogens with one attached hydrogen (secondary N) is 1. The highest BCUT2D eigenvalue weighted by molar-refractivity contribution is 8.18. The van der Waals surface area contributed by atoms with Crippen molar-refractivity contribution in [2.24, 2.45) is 0 Å². The van der Waals surface area contributed by atoms with E-state index in [1.54, 1.807) is 30.3 Å². The average Bonchev–Trinajstić information content (AvgIpc) is 3.02. The van der Waals surface area contributed by atoms with Gasteiger partial charge in [-0.25, -0.2) is 0 Å². The molecule has 0 bridgehead atoms. The van der Waals surface area contributed by atoms with Crippen molar-refractivity contribution in [3.63, 3.8) is 0 Å². The number of anilines is 2. The largest absolute Gasteiger partial charge is 0.366 e. The van der Waals surface area contributed by atoms with Crippen LogP contribution in [0.3, 0.4) is 0 Å². The minimum Gasteiger partial charge on any atom is -0.366 e. The number of imide groups is 1. The second-order valence-electron chi connectivity index (χ2n) is 9.30. The van der Waals surface area contributed by atoms with Crippen LogP contribution < -0.4 is 10.2 Å². The molecule has 2 heterocycles. The predicted molar refractivity (Wildman–Crippen MR) is 139 cm³/mol. The summed E-state index contributed by atoms with van der Waals surface area (Å²) < 4.78 is 0. The number of thioether (sulfide) groups is 1. The Labute approximate surface area is 209 Å². The van der Waals surface area contributed by atoms with Crippen LogP contribution in [0.1, 0.15) is 51.2 Å². The summed E-state index contributed by atoms with van der Waals surface area (Å²) in [6, 6.07) is 12.8. The molecule has 1 fully saturated rings. The molecule has 2 aromatic carbocycles. The van der Waals surface area contributed by atoms with E-state index in [1.165, 1.54) is 11.3 Å². The molecule has 0 saturated carbocycles. The lowest BCUT2D eigenvalue weighted by Crippen LogP contribution is -2.48. The molecule has 0 radical (unpaired) electrons. The highest BCUT2D eigenvalue weighted by Gasteiger charge is 2.37. The lowest BCUT2D eigenvalue weighted by molar-refractivity contribution is -0.127. The lowest BCUT2D eigenvalue weighted by Gasteiger charge is -2.47. The fourth-order valence-corrected chi connectivity index (χ4v) is 5.83. The molecule has 0 spiro atoms. The van der Waals surface area contributed by atoms with Gasteiger partial charge >= 0.3 is 0 Å². The van der Waals surface area contributed by atoms with Crippen LogP contribution in [0.5, 0.6) is 0 Å². The monoisotopic (exact) mass is 497 g/mol. The van der Waals surface area contributed by atoms with E-state index in [-0.39, 0.29) is 12.1 Å². The zero-order chi connectivity index (χ0) is 24.6. The van der Waals surface area contributed by atoms with E-state index in [0.29, 0.717) is 21.5 Å². The van der Waals surface area contributed by atoms with Crippen molar-refractivity contribution in [1.29, 1.82) is 0 Å². The van der Waals surface area contributed by atoms with E-state index in [4.69, 9.17) is 11.6 Å². The van der Waals surface area contributed by atoms with Crippen molar-refractivity contribution >= 4 is 57.9 Å². The Bertz CT molecular complexity index is 1180. The summed E-state index contributed by atoms with van der Waals surface area (Å²) in [4.78, 5) is 41.5. The van der Waals surface area contributed by atoms with Crippen LogP contribution >= 0.6 is 23.4 Å². The summed E-state index contributed by atoms with van der Waals surface area (Å²) in [5.74, 6) is -0.521. The summed E-state index contributed by atoms with van der Waals surface area (Å²) in [7, 11) is 0. The minimum atomic E-state index is -0.455. The van der Waals surface area contributed by atoms with Crippen molar-refractivity contribution in [3.05, 3.63) is 63.5 Å². The molecule has 0 aromatic heterocycles. The topological polar surface area (TPSA) is 69.7 Å². The third-order valence-corrected chi connectivity index (χ3v) is 7.49. The van der Waals surface area contributed by atoms with Crippen LogP contribution in [-0.4, -0.2) is 40.6 Å². The van der Waals surface area contributed by atoms with Crippen LogP contribution in [0.15, 0.2) is 47.4 Å². The van der Waals surface area contributed by atoms with Crippen LogP contribution in [0.4, 0.5) is 16.2 Å². The number of nitrogens with zero attached hydrogens (tertiary/aromatic N) is 2. The van der Waals surface area contributed by atoms with Gasteiger partial charge in [0.25, 0.3) is 11.1 Å². The van der Waals surface area contributed by atoms with Crippen molar-refractivity contribution in [2.45, 2.75) is 45.6 Å². The van der Waals surface area contributed by atoms with E-state index in [0.717, 1.165) is 35.2 Å². The molecular weight excluding hydrogens is 470 g/mol. The number of halogens is 1. The molecule has 8 heteroatoms. The maximum absolute atomic E-state index is 12.9. The zero-order valence-corrected chi connectivity index (χ0v) is 21.3. The van der Waals surface area contributed by atoms with E-state index in [2.05, 4.69) is 50.0 Å². The molecule has 2 aromatic rings. The van der Waals surface area contributed by atoms with Crippen LogP contribution in [0.2, 0.25) is 5.02 Å². The van der Waals surface area contributed by atoms with Gasteiger partial charge in [-0.05, 0) is 98.5 Å². The number of fused-ring (bicyclic) bond motifs is 1. The maximum Gasteiger partial charge on any atom is 0.294 e. The summed E-state index contributed by atoms with van der Waals surface area (Å²) in [6.45, 7) is 9.50. The fraction of sp³-hybridized carbons (Fsp3) is 0.346. The molecule has 4 rings (SSSR count). The average molecular weight is 498 g/mol. The molecule has 178 valence electrons. The van der Waals surface area contributed by atoms with Crippen molar-refractivity contribution in [3.8, 4) is 0 Å². The standard InChI is InChI=1S/C26H28ClN3O3S/c1-5-30-21-11-6-17(12-20(21)16(2)14-26(30,3)4)13-22-24(32)29(25(33)34-22)15-23(31)28-19-9-7-18(27)8-10-19/h6-13,16H,5,14-15H2,1-4H3,(H,28,31)/b22-13-/t16-/m1/s1. The van der Waals surface area contributed by atoms with E-state index >= 15 is 0 Å². The predicted octanol–water partition coefficient (Wildman–Crippen LogP) is 6.13. The number of benzene rings is 2. The third-order valence-electron chi connectivity index (χ3n) is 6.33. The maximum atomic E-state index is 12.9. The second-order valence-corrected chi connectivity index (χ2v) is 10.7. The van der Waals surface area contributed by atoms with Crippen LogP contribution in [0.25, 0.3) is 6.08 Å². The number of hydrogen-bond acceptors (Lipinski definition) is 5. The van der Waals surface area contributed by atoms with Gasteiger partial charge in [-0.15, -0.1) is 0 Å². The van der Waals surface area contributed by atoms with Gasteiger partial charge in [0.2, 0.25) is 5.91 Å². The highest BCUT2D eigenvalue weighted by atomic mass is 35.5. The number of amides is 3. The molecule has 2 aliphatic rings. The molecule has 2 aliphatic heterocycles. The van der Waals surface area contributed by atoms with Crippen LogP contribution in [0, 0.1) is 0 Å². The molecule has 1 atom stereocenters. The second kappa shape index (κ2) is 9.47. The van der Waals surface area contributed by atoms with Gasteiger partial charge < -0.3 is 10.2 Å². The Morgan fingerprint density at radius 3 is 2.59 bits per heavy atom. The Kier molecular flexibility index (Phi) is 6.78. The van der Waals surface area contributed by atoms with Gasteiger partial charge in [0.1, 0.15) is 6.54 Å². The number of carbonyl (C=O) groups is 3. The first kappa shape index (κ1) is 24.4. The normalized spacial score (nSPS) is 20.6. The molecule has 3 amide bonds. The summed E-state index contributed by atoms with van der Waals surface area (Å²) in [5, 5.41) is 2.78. The molecule has 0 unspecified atom stereocenters. The van der Waals surface area contributed by atoms with E-state index in [9.17, 15) is 14.4 Å². The zero-order valence-electron chi connectivity index (χ0n) is 19.7. The molecular formula is C26H28ClN3O3S. The fourth-order valence-electron chi connectivity index (χ4n) is 4.86. The van der Waals surface area contributed by atoms with Gasteiger partial charge in [0.15, 0.2) is 0 Å². The van der Waals surface area contributed by atoms with Gasteiger partial charge in [-0.2, -0.15) is 0 Å². The summed E-state index contributed by atoms with van der Waals surface area (Å²) in [5.41, 5.74) is 3.96. The van der Waals surface area contributed by atoms with Crippen molar-refractivity contribution in [1.82, 2.24) is 4.90 Å². The van der Waals surface area contributed by atoms with Crippen molar-refractivity contribution < 1.29 is 14.4 Å². The SMILES string of the molecule is CCN1c2ccc(/C=C3\SC(=O)N(CC(=O)Nc4ccc(Cl)cc4)C3=O)cc2[C@H](C)CC1(C)C. The first-order valence-corrected chi connectivity index (χ1v) is 12.5. The quantitative estimate of drug-likeness (QED) is 0.503. The lowest BCUT2D eigenvalue weighted by atomic mass is 9.79. The Balaban J connectivity index is 1.50. The molecule has 34 heavy (non-hydrogen) atoms. The van der Waals surface area contributed by atoms with Gasteiger partial charge in [0, 0.05) is 28.5 Å². The highest BCUT2D eigenvalue weighted by Crippen LogP contribution is 2.44. The van der Waals surface area contributed by atoms with Crippen molar-refractivity contribution in [2.75, 3.05) is 23.3 Å². The van der Waals surface area contributed by atoms with E-state index in [1.807, 2.05) is 6.07 Å². The molecule has 1 saturated heterocycles. The molecule has 1 N–H and O–H groups in total. The minimum absolute atomic E-state index is 0.0813. The smallest absolute Gasteiger partial charge is 0.294 e. The van der Waals surface area contributed by atoms with E-state index < -0.39 is 17.1 Å². The molecule has 0 aliphatic carbocycles.